The summed E-state index contributed by atoms with van der Waals surface area (Å²) < 4.78 is 17.5. The quantitative estimate of drug-likeness (QED) is 0.334. The number of phenols is 1. The summed E-state index contributed by atoms with van der Waals surface area (Å²) >= 11 is 0. The van der Waals surface area contributed by atoms with E-state index in [0.717, 1.165) is 18.2 Å². The molecule has 0 saturated heterocycles. The number of phenolic OH excluding ortho intramolecular Hbond substituents is 1. The van der Waals surface area contributed by atoms with E-state index >= 15 is 0 Å². The van der Waals surface area contributed by atoms with Crippen molar-refractivity contribution >= 4 is 17.7 Å². The average Bonchev–Trinajstić information content (AvgIpc) is 2.21. The van der Waals surface area contributed by atoms with E-state index in [9.17, 15) is 14.3 Å². The minimum atomic E-state index is -0.620. The molecule has 0 radical (unpaired) electrons. The molecule has 80 valence electrons. The van der Waals surface area contributed by atoms with Gasteiger partial charge in [-0.3, -0.25) is 0 Å². The zero-order valence-electron chi connectivity index (χ0n) is 8.03. The number of aromatic hydroxyl groups is 1. The molecule has 0 saturated carbocycles. The maximum atomic E-state index is 13.2. The predicted octanol–water partition coefficient (Wildman–Crippen LogP) is 1.30. The molecule has 0 aliphatic carbocycles. The lowest BCUT2D eigenvalue weighted by Crippen LogP contribution is -1.94. The van der Waals surface area contributed by atoms with Crippen LogP contribution in [0.5, 0.6) is 5.75 Å². The number of halogens is 1. The molecule has 0 amide bonds. The number of ether oxygens (including phenoxy) is 1. The number of nitrogens with two attached hydrogens (primary N) is 1. The highest BCUT2D eigenvalue weighted by atomic mass is 19.1. The number of esters is 1. The Hall–Kier alpha value is -2.04. The van der Waals surface area contributed by atoms with E-state index in [-0.39, 0.29) is 17.0 Å². The largest absolute Gasteiger partial charge is 0.506 e. The van der Waals surface area contributed by atoms with Crippen LogP contribution in [0.3, 0.4) is 0 Å². The topological polar surface area (TPSA) is 72.5 Å². The van der Waals surface area contributed by atoms with Gasteiger partial charge >= 0.3 is 5.97 Å². The summed E-state index contributed by atoms with van der Waals surface area (Å²) in [5.41, 5.74) is 5.28. The van der Waals surface area contributed by atoms with Crippen molar-refractivity contribution in [2.45, 2.75) is 0 Å². The van der Waals surface area contributed by atoms with Crippen molar-refractivity contribution in [2.24, 2.45) is 0 Å². The van der Waals surface area contributed by atoms with Gasteiger partial charge in [0, 0.05) is 17.7 Å². The second-order valence-corrected chi connectivity index (χ2v) is 2.79. The monoisotopic (exact) mass is 211 g/mol. The Morgan fingerprint density at radius 3 is 2.87 bits per heavy atom. The molecule has 0 bridgehead atoms. The zero-order chi connectivity index (χ0) is 11.4. The minimum absolute atomic E-state index is 0.0530. The number of methoxy groups -OCH3 is 1. The molecule has 5 heteroatoms. The molecule has 0 aliphatic rings. The Balaban J connectivity index is 3.00. The summed E-state index contributed by atoms with van der Waals surface area (Å²) in [6, 6.07) is 2.11. The second kappa shape index (κ2) is 4.45. The number of nitrogen functional groups attached to an aromatic ring is 1. The van der Waals surface area contributed by atoms with Gasteiger partial charge in [0.2, 0.25) is 0 Å². The maximum Gasteiger partial charge on any atom is 0.330 e. The number of anilines is 1. The van der Waals surface area contributed by atoms with Gasteiger partial charge in [-0.1, -0.05) is 0 Å². The Morgan fingerprint density at radius 2 is 2.27 bits per heavy atom. The van der Waals surface area contributed by atoms with E-state index in [1.54, 1.807) is 0 Å². The van der Waals surface area contributed by atoms with Gasteiger partial charge < -0.3 is 15.6 Å². The number of carbonyl (C=O) groups is 1. The van der Waals surface area contributed by atoms with Crippen molar-refractivity contribution in [1.29, 1.82) is 0 Å². The highest BCUT2D eigenvalue weighted by Gasteiger charge is 2.04. The number of hydrogen-bond acceptors (Lipinski definition) is 4. The minimum Gasteiger partial charge on any atom is -0.506 e. The van der Waals surface area contributed by atoms with E-state index in [0.29, 0.717) is 0 Å². The van der Waals surface area contributed by atoms with E-state index in [4.69, 9.17) is 5.73 Å². The standard InChI is InChI=1S/C10H10FNO3/c1-15-10(14)3-2-6-4-9(13)8(12)5-7(6)11/h2-5,13H,12H2,1H3/b3-2+. The number of rotatable bonds is 2. The molecular weight excluding hydrogens is 201 g/mol. The molecule has 1 aromatic rings. The van der Waals surface area contributed by atoms with Crippen molar-refractivity contribution < 1.29 is 19.0 Å². The third kappa shape index (κ3) is 2.70. The molecule has 1 rings (SSSR count). The van der Waals surface area contributed by atoms with Gasteiger partial charge in [-0.2, -0.15) is 0 Å². The van der Waals surface area contributed by atoms with E-state index in [2.05, 4.69) is 4.74 Å². The van der Waals surface area contributed by atoms with E-state index in [1.165, 1.54) is 13.2 Å². The van der Waals surface area contributed by atoms with Crippen LogP contribution >= 0.6 is 0 Å². The molecule has 0 heterocycles. The molecular formula is C10H10FNO3. The fraction of sp³-hybridized carbons (Fsp3) is 0.100. The van der Waals surface area contributed by atoms with Gasteiger partial charge in [-0.15, -0.1) is 0 Å². The van der Waals surface area contributed by atoms with Crippen molar-refractivity contribution in [3.8, 4) is 5.75 Å². The third-order valence-corrected chi connectivity index (χ3v) is 1.75. The fourth-order valence-electron chi connectivity index (χ4n) is 0.947. The first kappa shape index (κ1) is 11.0. The summed E-state index contributed by atoms with van der Waals surface area (Å²) in [5, 5.41) is 9.21. The summed E-state index contributed by atoms with van der Waals surface area (Å²) in [7, 11) is 1.21. The molecule has 15 heavy (non-hydrogen) atoms. The van der Waals surface area contributed by atoms with Crippen LogP contribution in [-0.2, 0) is 9.53 Å². The van der Waals surface area contributed by atoms with Crippen molar-refractivity contribution in [3.05, 3.63) is 29.6 Å². The van der Waals surface area contributed by atoms with Gasteiger partial charge in [-0.25, -0.2) is 9.18 Å². The SMILES string of the molecule is COC(=O)/C=C/c1cc(O)c(N)cc1F. The van der Waals surface area contributed by atoms with Crippen LogP contribution in [-0.4, -0.2) is 18.2 Å². The first-order chi connectivity index (χ1) is 7.04. The van der Waals surface area contributed by atoms with Gasteiger partial charge in [0.05, 0.1) is 12.8 Å². The molecule has 0 aromatic heterocycles. The smallest absolute Gasteiger partial charge is 0.330 e. The van der Waals surface area contributed by atoms with Crippen LogP contribution in [0.1, 0.15) is 5.56 Å². The first-order valence-electron chi connectivity index (χ1n) is 4.08. The molecule has 0 fully saturated rings. The van der Waals surface area contributed by atoms with E-state index < -0.39 is 11.8 Å². The summed E-state index contributed by atoms with van der Waals surface area (Å²) in [6.07, 6.45) is 2.24. The number of carbonyl (C=O) groups excluding carboxylic acids is 1. The highest BCUT2D eigenvalue weighted by molar-refractivity contribution is 5.87. The van der Waals surface area contributed by atoms with Crippen LogP contribution in [0.2, 0.25) is 0 Å². The van der Waals surface area contributed by atoms with Crippen LogP contribution < -0.4 is 5.73 Å². The summed E-state index contributed by atoms with van der Waals surface area (Å²) in [5.74, 6) is -1.46. The molecule has 0 unspecified atom stereocenters. The molecule has 3 N–H and O–H groups in total. The van der Waals surface area contributed by atoms with Crippen LogP contribution in [0, 0.1) is 5.82 Å². The van der Waals surface area contributed by atoms with Gasteiger partial charge in [0.15, 0.2) is 0 Å². The third-order valence-electron chi connectivity index (χ3n) is 1.75. The molecule has 1 aromatic carbocycles. The lowest BCUT2D eigenvalue weighted by molar-refractivity contribution is -0.134. The lowest BCUT2D eigenvalue weighted by atomic mass is 10.1. The van der Waals surface area contributed by atoms with E-state index in [1.807, 2.05) is 0 Å². The van der Waals surface area contributed by atoms with Gasteiger partial charge in [-0.05, 0) is 12.1 Å². The maximum absolute atomic E-state index is 13.2. The number of benzene rings is 1. The average molecular weight is 211 g/mol. The van der Waals surface area contributed by atoms with Crippen LogP contribution in [0.25, 0.3) is 6.08 Å². The van der Waals surface area contributed by atoms with Crippen LogP contribution in [0.15, 0.2) is 18.2 Å². The van der Waals surface area contributed by atoms with Gasteiger partial charge in [0.1, 0.15) is 11.6 Å². The Bertz CT molecular complexity index is 415. The highest BCUT2D eigenvalue weighted by Crippen LogP contribution is 2.24. The summed E-state index contributed by atoms with van der Waals surface area (Å²) in [6.45, 7) is 0. The van der Waals surface area contributed by atoms with Crippen LogP contribution in [0.4, 0.5) is 10.1 Å². The van der Waals surface area contributed by atoms with Crippen molar-refractivity contribution in [2.75, 3.05) is 12.8 Å². The molecule has 4 nitrogen and oxygen atoms in total. The Labute approximate surface area is 85.8 Å². The number of hydrogen-bond donors (Lipinski definition) is 2. The normalized spacial score (nSPS) is 10.5. The predicted molar refractivity (Wildman–Crippen MR) is 53.5 cm³/mol. The Morgan fingerprint density at radius 1 is 1.60 bits per heavy atom. The van der Waals surface area contributed by atoms with Crippen molar-refractivity contribution in [1.82, 2.24) is 0 Å². The fourth-order valence-corrected chi connectivity index (χ4v) is 0.947. The molecule has 0 spiro atoms. The second-order valence-electron chi connectivity index (χ2n) is 2.79. The zero-order valence-corrected chi connectivity index (χ0v) is 8.03. The van der Waals surface area contributed by atoms with Crippen molar-refractivity contribution in [3.63, 3.8) is 0 Å². The van der Waals surface area contributed by atoms with Gasteiger partial charge in [0.25, 0.3) is 0 Å². The lowest BCUT2D eigenvalue weighted by Gasteiger charge is -2.01. The molecule has 0 aliphatic heterocycles. The first-order valence-corrected chi connectivity index (χ1v) is 4.08. The molecule has 0 atom stereocenters. The Kier molecular flexibility index (Phi) is 3.28. The summed E-state index contributed by atoms with van der Waals surface area (Å²) in [4.78, 5) is 10.7.